The molecule has 0 atom stereocenters. The van der Waals surface area contributed by atoms with Crippen LogP contribution in [0.5, 0.6) is 0 Å². The van der Waals surface area contributed by atoms with E-state index in [2.05, 4.69) is 5.32 Å². The number of amides is 1. The molecule has 3 rings (SSSR count). The van der Waals surface area contributed by atoms with Crippen LogP contribution in [0, 0.1) is 10.1 Å². The van der Waals surface area contributed by atoms with Gasteiger partial charge in [-0.25, -0.2) is 0 Å². The van der Waals surface area contributed by atoms with Crippen LogP contribution in [0.15, 0.2) is 83.8 Å². The van der Waals surface area contributed by atoms with E-state index >= 15 is 0 Å². The van der Waals surface area contributed by atoms with Crippen molar-refractivity contribution >= 4 is 45.8 Å². The van der Waals surface area contributed by atoms with E-state index in [9.17, 15) is 14.9 Å². The quantitative estimate of drug-likeness (QED) is 0.367. The Hall–Kier alpha value is -2.60. The van der Waals surface area contributed by atoms with Crippen LogP contribution in [0.25, 0.3) is 0 Å². The van der Waals surface area contributed by atoms with Crippen LogP contribution >= 0.6 is 10.2 Å². The molecule has 3 aromatic carbocycles. The number of carbonyl (C=O) groups is 1. The summed E-state index contributed by atoms with van der Waals surface area (Å²) in [5.74, 6) is -0.218. The Kier molecular flexibility index (Phi) is 6.07. The van der Waals surface area contributed by atoms with Gasteiger partial charge in [-0.15, -0.1) is 0 Å². The molecule has 0 radical (unpaired) electrons. The van der Waals surface area contributed by atoms with Crippen LogP contribution in [0.1, 0.15) is 10.4 Å². The number of carbonyl (C=O) groups excluding carboxylic acids is 1. The Balaban J connectivity index is 1.72. The van der Waals surface area contributed by atoms with Crippen LogP contribution in [0.3, 0.4) is 0 Å². The van der Waals surface area contributed by atoms with Crippen molar-refractivity contribution in [1.29, 1.82) is 0 Å². The van der Waals surface area contributed by atoms with E-state index in [1.807, 2.05) is 48.5 Å². The second-order valence-corrected chi connectivity index (χ2v) is 9.06. The van der Waals surface area contributed by atoms with Crippen LogP contribution < -0.4 is 9.78 Å². The van der Waals surface area contributed by atoms with Gasteiger partial charge in [0.2, 0.25) is 0 Å². The molecule has 5 nitrogen and oxygen atoms in total. The van der Waals surface area contributed by atoms with Gasteiger partial charge in [0.15, 0.2) is 0 Å². The molecule has 0 fully saturated rings. The van der Waals surface area contributed by atoms with E-state index in [-0.39, 0.29) is 25.4 Å². The van der Waals surface area contributed by atoms with E-state index in [1.165, 1.54) is 24.3 Å². The fourth-order valence-electron chi connectivity index (χ4n) is 2.16. The Labute approximate surface area is 160 Å². The van der Waals surface area contributed by atoms with Gasteiger partial charge in [-0.3, -0.25) is 0 Å². The third-order valence-corrected chi connectivity index (χ3v) is 7.78. The molecular weight excluding hydrogens is 415 g/mol. The standard InChI is InChI=1S/C19H14N2O3SSe/c22-19(20-14-10-12-15(13-11-14)21(23)24)17-8-4-5-9-18(17)26-25-16-6-2-1-3-7-16/h1-13H,(H,20,22). The maximum absolute atomic E-state index is 12.6. The second kappa shape index (κ2) is 8.67. The summed E-state index contributed by atoms with van der Waals surface area (Å²) >= 11 is 0.0464. The van der Waals surface area contributed by atoms with Crippen LogP contribution in [-0.4, -0.2) is 24.7 Å². The molecule has 1 N–H and O–H groups in total. The van der Waals surface area contributed by atoms with Crippen LogP contribution in [-0.2, 0) is 0 Å². The number of anilines is 1. The first kappa shape index (κ1) is 18.2. The monoisotopic (exact) mass is 430 g/mol. The number of benzene rings is 3. The number of non-ortho nitro benzene ring substituents is 1. The van der Waals surface area contributed by atoms with E-state index in [1.54, 1.807) is 16.2 Å². The molecule has 0 spiro atoms. The Morgan fingerprint density at radius 3 is 2.27 bits per heavy atom. The zero-order chi connectivity index (χ0) is 18.4. The Morgan fingerprint density at radius 1 is 0.923 bits per heavy atom. The molecular formula is C19H14N2O3SSe. The van der Waals surface area contributed by atoms with Crippen LogP contribution in [0.2, 0.25) is 0 Å². The number of hydrogen-bond acceptors (Lipinski definition) is 4. The van der Waals surface area contributed by atoms with E-state index in [0.29, 0.717) is 11.3 Å². The number of rotatable bonds is 6. The average molecular weight is 429 g/mol. The van der Waals surface area contributed by atoms with Crippen molar-refractivity contribution in [2.24, 2.45) is 0 Å². The van der Waals surface area contributed by atoms with Crippen molar-refractivity contribution < 1.29 is 9.72 Å². The predicted octanol–water partition coefficient (Wildman–Crippen LogP) is 3.88. The summed E-state index contributed by atoms with van der Waals surface area (Å²) in [6.45, 7) is 0. The maximum atomic E-state index is 12.6. The molecule has 26 heavy (non-hydrogen) atoms. The van der Waals surface area contributed by atoms with E-state index in [4.69, 9.17) is 0 Å². The summed E-state index contributed by atoms with van der Waals surface area (Å²) in [5, 5.41) is 13.5. The zero-order valence-electron chi connectivity index (χ0n) is 13.5. The number of nitro groups is 1. The summed E-state index contributed by atoms with van der Waals surface area (Å²) in [6, 6.07) is 23.4. The van der Waals surface area contributed by atoms with Gasteiger partial charge >= 0.3 is 160 Å². The van der Waals surface area contributed by atoms with Gasteiger partial charge in [0, 0.05) is 0 Å². The first-order valence-corrected chi connectivity index (χ1v) is 11.4. The van der Waals surface area contributed by atoms with Gasteiger partial charge in [-0.2, -0.15) is 0 Å². The molecule has 1 amide bonds. The molecule has 7 heteroatoms. The third kappa shape index (κ3) is 4.73. The molecule has 0 bridgehead atoms. The first-order valence-electron chi connectivity index (χ1n) is 7.68. The Morgan fingerprint density at radius 2 is 1.58 bits per heavy atom. The number of nitrogens with one attached hydrogen (secondary N) is 1. The fourth-order valence-corrected chi connectivity index (χ4v) is 6.05. The van der Waals surface area contributed by atoms with E-state index in [0.717, 1.165) is 9.36 Å². The molecule has 0 aliphatic rings. The fraction of sp³-hybridized carbons (Fsp3) is 0. The molecule has 0 saturated carbocycles. The molecule has 3 aromatic rings. The van der Waals surface area contributed by atoms with Crippen molar-refractivity contribution in [3.63, 3.8) is 0 Å². The minimum absolute atomic E-state index is 0.00834. The summed E-state index contributed by atoms with van der Waals surface area (Å²) in [5.41, 5.74) is 1.14. The second-order valence-electron chi connectivity index (χ2n) is 5.23. The van der Waals surface area contributed by atoms with Gasteiger partial charge in [0.25, 0.3) is 0 Å². The molecule has 0 heterocycles. The van der Waals surface area contributed by atoms with E-state index < -0.39 is 4.92 Å². The molecule has 130 valence electrons. The predicted molar refractivity (Wildman–Crippen MR) is 105 cm³/mol. The number of hydrogen-bond donors (Lipinski definition) is 1. The van der Waals surface area contributed by atoms with Crippen molar-refractivity contribution in [3.8, 4) is 0 Å². The van der Waals surface area contributed by atoms with Gasteiger partial charge in [-0.05, 0) is 0 Å². The van der Waals surface area contributed by atoms with Gasteiger partial charge in [0.1, 0.15) is 0 Å². The number of nitro benzene ring substituents is 1. The third-order valence-electron chi connectivity index (χ3n) is 3.44. The molecule has 0 saturated heterocycles. The molecule has 0 unspecified atom stereocenters. The summed E-state index contributed by atoms with van der Waals surface area (Å²) in [7, 11) is 1.72. The summed E-state index contributed by atoms with van der Waals surface area (Å²) in [6.07, 6.45) is 0. The van der Waals surface area contributed by atoms with Gasteiger partial charge < -0.3 is 0 Å². The zero-order valence-corrected chi connectivity index (χ0v) is 16.0. The van der Waals surface area contributed by atoms with Crippen molar-refractivity contribution in [3.05, 3.63) is 94.5 Å². The van der Waals surface area contributed by atoms with Crippen molar-refractivity contribution in [1.82, 2.24) is 0 Å². The summed E-state index contributed by atoms with van der Waals surface area (Å²) in [4.78, 5) is 24.0. The van der Waals surface area contributed by atoms with Crippen molar-refractivity contribution in [2.75, 3.05) is 5.32 Å². The molecule has 0 aromatic heterocycles. The minimum atomic E-state index is -0.468. The Bertz CT molecular complexity index is 918. The molecule has 0 aliphatic carbocycles. The number of nitrogens with zero attached hydrogens (tertiary/aromatic N) is 1. The SMILES string of the molecule is O=C(Nc1ccc([N+](=O)[O-])cc1)c1ccccc1[Se]Sc1ccccc1. The van der Waals surface area contributed by atoms with Crippen LogP contribution in [0.4, 0.5) is 11.4 Å². The van der Waals surface area contributed by atoms with Gasteiger partial charge in [-0.1, -0.05) is 0 Å². The summed E-state index contributed by atoms with van der Waals surface area (Å²) < 4.78 is 0.994. The normalized spacial score (nSPS) is 10.3. The average Bonchev–Trinajstić information content (AvgIpc) is 2.68. The van der Waals surface area contributed by atoms with Crippen molar-refractivity contribution in [2.45, 2.75) is 4.90 Å². The van der Waals surface area contributed by atoms with Gasteiger partial charge in [0.05, 0.1) is 0 Å². The first-order chi connectivity index (χ1) is 12.6. The molecule has 0 aliphatic heterocycles. The topological polar surface area (TPSA) is 72.2 Å².